The number of aromatic nitrogens is 3. The van der Waals surface area contributed by atoms with Crippen molar-refractivity contribution in [3.05, 3.63) is 47.0 Å². The number of amides is 2. The molecule has 2 rings (SSSR count). The fourth-order valence-electron chi connectivity index (χ4n) is 2.38. The van der Waals surface area contributed by atoms with Crippen LogP contribution in [0.15, 0.2) is 24.4 Å². The summed E-state index contributed by atoms with van der Waals surface area (Å²) < 4.78 is 1.95. The summed E-state index contributed by atoms with van der Waals surface area (Å²) in [6, 6.07) is 5.61. The van der Waals surface area contributed by atoms with Gasteiger partial charge in [0.15, 0.2) is 0 Å². The third-order valence-corrected chi connectivity index (χ3v) is 3.65. The zero-order valence-electron chi connectivity index (χ0n) is 13.4. The summed E-state index contributed by atoms with van der Waals surface area (Å²) in [6.45, 7) is 7.95. The standard InChI is InChI=1S/C16H23N5O/c1-4-21-13(3)15(12(2)20-21)11-19-16(22)18-10-8-14-7-5-6-9-17-14/h5-7,9H,4,8,10-11H2,1-3H3,(H2,18,19,22). The lowest BCUT2D eigenvalue weighted by atomic mass is 10.2. The van der Waals surface area contributed by atoms with E-state index in [1.165, 1.54) is 0 Å². The van der Waals surface area contributed by atoms with E-state index in [-0.39, 0.29) is 6.03 Å². The summed E-state index contributed by atoms with van der Waals surface area (Å²) >= 11 is 0. The molecule has 0 aromatic carbocycles. The quantitative estimate of drug-likeness (QED) is 0.856. The molecule has 22 heavy (non-hydrogen) atoms. The van der Waals surface area contributed by atoms with E-state index in [1.807, 2.05) is 36.7 Å². The molecule has 0 fully saturated rings. The van der Waals surface area contributed by atoms with Crippen molar-refractivity contribution in [2.45, 2.75) is 40.3 Å². The Hall–Kier alpha value is -2.37. The number of hydrogen-bond donors (Lipinski definition) is 2. The highest BCUT2D eigenvalue weighted by Crippen LogP contribution is 2.12. The molecule has 0 saturated carbocycles. The largest absolute Gasteiger partial charge is 0.338 e. The smallest absolute Gasteiger partial charge is 0.315 e. The number of nitrogens with zero attached hydrogens (tertiary/aromatic N) is 3. The van der Waals surface area contributed by atoms with E-state index in [2.05, 4.69) is 27.6 Å². The van der Waals surface area contributed by atoms with Crippen LogP contribution in [0.5, 0.6) is 0 Å². The Morgan fingerprint density at radius 2 is 2.09 bits per heavy atom. The highest BCUT2D eigenvalue weighted by Gasteiger charge is 2.11. The van der Waals surface area contributed by atoms with Crippen LogP contribution in [-0.2, 0) is 19.5 Å². The van der Waals surface area contributed by atoms with E-state index in [9.17, 15) is 4.79 Å². The van der Waals surface area contributed by atoms with Crippen LogP contribution in [0.2, 0.25) is 0 Å². The van der Waals surface area contributed by atoms with Crippen molar-refractivity contribution in [2.75, 3.05) is 6.54 Å². The van der Waals surface area contributed by atoms with Gasteiger partial charge in [-0.2, -0.15) is 5.10 Å². The van der Waals surface area contributed by atoms with Crippen LogP contribution in [0.25, 0.3) is 0 Å². The minimum Gasteiger partial charge on any atom is -0.338 e. The van der Waals surface area contributed by atoms with Crippen molar-refractivity contribution in [1.82, 2.24) is 25.4 Å². The summed E-state index contributed by atoms with van der Waals surface area (Å²) in [4.78, 5) is 16.1. The minimum absolute atomic E-state index is 0.168. The van der Waals surface area contributed by atoms with Gasteiger partial charge in [0.25, 0.3) is 0 Å². The molecule has 0 saturated heterocycles. The lowest BCUT2D eigenvalue weighted by Gasteiger charge is -2.08. The second-order valence-corrected chi connectivity index (χ2v) is 5.15. The van der Waals surface area contributed by atoms with E-state index in [0.717, 1.165) is 35.6 Å². The number of hydrogen-bond acceptors (Lipinski definition) is 3. The second-order valence-electron chi connectivity index (χ2n) is 5.15. The second kappa shape index (κ2) is 7.59. The third-order valence-electron chi connectivity index (χ3n) is 3.65. The molecular weight excluding hydrogens is 278 g/mol. The SMILES string of the molecule is CCn1nc(C)c(CNC(=O)NCCc2ccccn2)c1C. The molecule has 0 atom stereocenters. The van der Waals surface area contributed by atoms with E-state index in [1.54, 1.807) is 6.20 Å². The van der Waals surface area contributed by atoms with Gasteiger partial charge in [0.05, 0.1) is 5.69 Å². The molecule has 2 N–H and O–H groups in total. The van der Waals surface area contributed by atoms with Gasteiger partial charge in [-0.1, -0.05) is 6.07 Å². The third kappa shape index (κ3) is 4.07. The van der Waals surface area contributed by atoms with Crippen molar-refractivity contribution >= 4 is 6.03 Å². The fraction of sp³-hybridized carbons (Fsp3) is 0.438. The van der Waals surface area contributed by atoms with Crippen molar-refractivity contribution in [1.29, 1.82) is 0 Å². The highest BCUT2D eigenvalue weighted by atomic mass is 16.2. The normalized spacial score (nSPS) is 10.5. The van der Waals surface area contributed by atoms with Gasteiger partial charge in [0.2, 0.25) is 0 Å². The Morgan fingerprint density at radius 1 is 1.27 bits per heavy atom. The van der Waals surface area contributed by atoms with Gasteiger partial charge in [0, 0.05) is 49.2 Å². The van der Waals surface area contributed by atoms with E-state index in [4.69, 9.17) is 0 Å². The van der Waals surface area contributed by atoms with Gasteiger partial charge < -0.3 is 10.6 Å². The predicted molar refractivity (Wildman–Crippen MR) is 85.6 cm³/mol. The maximum Gasteiger partial charge on any atom is 0.315 e. The van der Waals surface area contributed by atoms with Crippen LogP contribution in [0, 0.1) is 13.8 Å². The molecule has 0 spiro atoms. The number of urea groups is 1. The Morgan fingerprint density at radius 3 is 2.73 bits per heavy atom. The summed E-state index contributed by atoms with van der Waals surface area (Å²) in [7, 11) is 0. The van der Waals surface area contributed by atoms with Crippen LogP contribution in [0.1, 0.15) is 29.6 Å². The Labute approximate surface area is 130 Å². The van der Waals surface area contributed by atoms with E-state index >= 15 is 0 Å². The van der Waals surface area contributed by atoms with Crippen LogP contribution in [-0.4, -0.2) is 27.3 Å². The molecule has 2 aromatic heterocycles. The first-order chi connectivity index (χ1) is 10.6. The topological polar surface area (TPSA) is 71.8 Å². The summed E-state index contributed by atoms with van der Waals surface area (Å²) in [5, 5.41) is 10.2. The first-order valence-electron chi connectivity index (χ1n) is 7.56. The van der Waals surface area contributed by atoms with Crippen LogP contribution >= 0.6 is 0 Å². The molecule has 6 nitrogen and oxygen atoms in total. The molecule has 0 aliphatic carbocycles. The van der Waals surface area contributed by atoms with Crippen molar-refractivity contribution in [2.24, 2.45) is 0 Å². The average molecular weight is 301 g/mol. The molecule has 2 heterocycles. The Kier molecular flexibility index (Phi) is 5.52. The van der Waals surface area contributed by atoms with Crippen LogP contribution in [0.3, 0.4) is 0 Å². The monoisotopic (exact) mass is 301 g/mol. The molecule has 2 aromatic rings. The van der Waals surface area contributed by atoms with E-state index in [0.29, 0.717) is 13.1 Å². The molecular formula is C16H23N5O. The molecule has 0 bridgehead atoms. The lowest BCUT2D eigenvalue weighted by Crippen LogP contribution is -2.36. The van der Waals surface area contributed by atoms with Crippen molar-refractivity contribution in [3.63, 3.8) is 0 Å². The summed E-state index contributed by atoms with van der Waals surface area (Å²) in [5.41, 5.74) is 4.13. The average Bonchev–Trinajstić information content (AvgIpc) is 2.80. The molecule has 2 amide bonds. The van der Waals surface area contributed by atoms with Gasteiger partial charge in [0.1, 0.15) is 0 Å². The number of pyridine rings is 1. The zero-order chi connectivity index (χ0) is 15.9. The minimum atomic E-state index is -0.168. The molecule has 6 heteroatoms. The van der Waals surface area contributed by atoms with E-state index < -0.39 is 0 Å². The maximum atomic E-state index is 11.8. The van der Waals surface area contributed by atoms with Crippen molar-refractivity contribution in [3.8, 4) is 0 Å². The van der Waals surface area contributed by atoms with Crippen molar-refractivity contribution < 1.29 is 4.79 Å². The summed E-state index contributed by atoms with van der Waals surface area (Å²) in [5.74, 6) is 0. The van der Waals surface area contributed by atoms with Gasteiger partial charge in [-0.15, -0.1) is 0 Å². The van der Waals surface area contributed by atoms with Gasteiger partial charge >= 0.3 is 6.03 Å². The number of aryl methyl sites for hydroxylation is 2. The molecule has 0 aliphatic rings. The highest BCUT2D eigenvalue weighted by molar-refractivity contribution is 5.73. The maximum absolute atomic E-state index is 11.8. The lowest BCUT2D eigenvalue weighted by molar-refractivity contribution is 0.240. The molecule has 0 radical (unpaired) electrons. The predicted octanol–water partition coefficient (Wildman–Crippen LogP) is 1.96. The molecule has 0 unspecified atom stereocenters. The zero-order valence-corrected chi connectivity index (χ0v) is 13.4. The first-order valence-corrected chi connectivity index (χ1v) is 7.56. The molecule has 0 aliphatic heterocycles. The van der Waals surface area contributed by atoms with Gasteiger partial charge in [-0.3, -0.25) is 9.67 Å². The number of rotatable bonds is 6. The number of carbonyl (C=O) groups excluding carboxylic acids is 1. The van der Waals surface area contributed by atoms with Gasteiger partial charge in [-0.25, -0.2) is 4.79 Å². The molecule has 118 valence electrons. The fourth-order valence-corrected chi connectivity index (χ4v) is 2.38. The van der Waals surface area contributed by atoms with Gasteiger partial charge in [-0.05, 0) is 32.9 Å². The number of nitrogens with one attached hydrogen (secondary N) is 2. The van der Waals surface area contributed by atoms with Crippen LogP contribution < -0.4 is 10.6 Å². The number of carbonyl (C=O) groups is 1. The first kappa shape index (κ1) is 16.0. The Bertz CT molecular complexity index is 621. The summed E-state index contributed by atoms with van der Waals surface area (Å²) in [6.07, 6.45) is 2.48. The van der Waals surface area contributed by atoms with Crippen LogP contribution in [0.4, 0.5) is 4.79 Å². The Balaban J connectivity index is 1.77.